The zero-order valence-corrected chi connectivity index (χ0v) is 10.3. The number of anilines is 2. The molecule has 4 heteroatoms. The predicted octanol–water partition coefficient (Wildman–Crippen LogP) is 2.91. The lowest BCUT2D eigenvalue weighted by atomic mass is 10.2. The highest BCUT2D eigenvalue weighted by atomic mass is 16.3. The van der Waals surface area contributed by atoms with Crippen molar-refractivity contribution in [2.45, 2.75) is 13.0 Å². The number of hydrogen-bond acceptors (Lipinski definition) is 4. The smallest absolute Gasteiger partial charge is 0.151 e. The molecule has 0 aliphatic rings. The van der Waals surface area contributed by atoms with E-state index in [0.717, 1.165) is 17.3 Å². The third kappa shape index (κ3) is 2.58. The van der Waals surface area contributed by atoms with Crippen molar-refractivity contribution in [1.82, 2.24) is 4.98 Å². The molecule has 2 aromatic heterocycles. The van der Waals surface area contributed by atoms with Gasteiger partial charge in [-0.15, -0.1) is 0 Å². The topological polar surface area (TPSA) is 41.3 Å². The summed E-state index contributed by atoms with van der Waals surface area (Å²) in [5, 5.41) is 3.40. The van der Waals surface area contributed by atoms with Crippen LogP contribution in [0.2, 0.25) is 0 Å². The minimum absolute atomic E-state index is 0.118. The van der Waals surface area contributed by atoms with E-state index in [2.05, 4.69) is 17.2 Å². The van der Waals surface area contributed by atoms with Crippen molar-refractivity contribution in [3.8, 4) is 0 Å². The molecule has 0 saturated heterocycles. The zero-order valence-electron chi connectivity index (χ0n) is 10.3. The van der Waals surface area contributed by atoms with E-state index >= 15 is 0 Å². The lowest BCUT2D eigenvalue weighted by Crippen LogP contribution is -2.15. The third-order valence-corrected chi connectivity index (χ3v) is 2.55. The fraction of sp³-hybridized carbons (Fsp3) is 0.308. The van der Waals surface area contributed by atoms with Gasteiger partial charge in [-0.1, -0.05) is 0 Å². The molecule has 2 heterocycles. The molecule has 17 heavy (non-hydrogen) atoms. The summed E-state index contributed by atoms with van der Waals surface area (Å²) >= 11 is 0. The summed E-state index contributed by atoms with van der Waals surface area (Å²) in [6, 6.07) is 7.91. The van der Waals surface area contributed by atoms with Gasteiger partial charge < -0.3 is 14.6 Å². The summed E-state index contributed by atoms with van der Waals surface area (Å²) < 4.78 is 5.37. The molecule has 90 valence electrons. The molecule has 1 atom stereocenters. The molecular weight excluding hydrogens is 214 g/mol. The predicted molar refractivity (Wildman–Crippen MR) is 69.3 cm³/mol. The first kappa shape index (κ1) is 11.5. The first-order chi connectivity index (χ1) is 8.18. The number of rotatable bonds is 4. The Morgan fingerprint density at radius 3 is 2.76 bits per heavy atom. The van der Waals surface area contributed by atoms with Crippen LogP contribution in [-0.2, 0) is 0 Å². The monoisotopic (exact) mass is 231 g/mol. The first-order valence-electron chi connectivity index (χ1n) is 5.61. The molecule has 0 aromatic carbocycles. The van der Waals surface area contributed by atoms with Crippen molar-refractivity contribution in [2.24, 2.45) is 0 Å². The van der Waals surface area contributed by atoms with Crippen LogP contribution in [0.3, 0.4) is 0 Å². The van der Waals surface area contributed by atoms with Crippen LogP contribution in [-0.4, -0.2) is 19.1 Å². The summed E-state index contributed by atoms with van der Waals surface area (Å²) in [5.74, 6) is 1.84. The molecular formula is C13H17N3O. The van der Waals surface area contributed by atoms with E-state index in [1.807, 2.05) is 43.3 Å². The van der Waals surface area contributed by atoms with E-state index in [1.54, 1.807) is 12.5 Å². The summed E-state index contributed by atoms with van der Waals surface area (Å²) in [6.45, 7) is 2.06. The van der Waals surface area contributed by atoms with Gasteiger partial charge in [0.1, 0.15) is 5.76 Å². The molecule has 0 bridgehead atoms. The van der Waals surface area contributed by atoms with E-state index < -0.39 is 0 Å². The van der Waals surface area contributed by atoms with Crippen LogP contribution >= 0.6 is 0 Å². The molecule has 0 amide bonds. The molecule has 1 unspecified atom stereocenters. The van der Waals surface area contributed by atoms with Crippen LogP contribution in [0, 0.1) is 0 Å². The summed E-state index contributed by atoms with van der Waals surface area (Å²) in [6.07, 6.45) is 3.47. The number of nitrogens with one attached hydrogen (secondary N) is 1. The van der Waals surface area contributed by atoms with E-state index in [9.17, 15) is 0 Å². The van der Waals surface area contributed by atoms with Crippen molar-refractivity contribution in [1.29, 1.82) is 0 Å². The molecule has 2 rings (SSSR count). The average Bonchev–Trinajstić information content (AvgIpc) is 2.83. The molecule has 4 nitrogen and oxygen atoms in total. The van der Waals surface area contributed by atoms with Crippen LogP contribution in [0.15, 0.2) is 41.1 Å². The highest BCUT2D eigenvalue weighted by Gasteiger charge is 2.11. The normalized spacial score (nSPS) is 12.2. The van der Waals surface area contributed by atoms with Gasteiger partial charge in [0.2, 0.25) is 0 Å². The van der Waals surface area contributed by atoms with Gasteiger partial charge in [-0.25, -0.2) is 4.98 Å². The quantitative estimate of drug-likeness (QED) is 0.878. The summed E-state index contributed by atoms with van der Waals surface area (Å²) in [4.78, 5) is 6.33. The van der Waals surface area contributed by atoms with Crippen molar-refractivity contribution in [3.05, 3.63) is 42.5 Å². The van der Waals surface area contributed by atoms with Crippen molar-refractivity contribution >= 4 is 11.5 Å². The fourth-order valence-corrected chi connectivity index (χ4v) is 1.71. The van der Waals surface area contributed by atoms with E-state index in [0.29, 0.717) is 0 Å². The number of nitrogens with zero attached hydrogens (tertiary/aromatic N) is 2. The molecule has 0 saturated carbocycles. The van der Waals surface area contributed by atoms with Crippen molar-refractivity contribution in [2.75, 3.05) is 24.3 Å². The molecule has 0 fully saturated rings. The second-order valence-corrected chi connectivity index (χ2v) is 4.15. The maximum atomic E-state index is 5.37. The Morgan fingerprint density at radius 2 is 2.12 bits per heavy atom. The van der Waals surface area contributed by atoms with Crippen molar-refractivity contribution < 1.29 is 4.42 Å². The Hall–Kier alpha value is -1.97. The van der Waals surface area contributed by atoms with Gasteiger partial charge in [-0.3, -0.25) is 0 Å². The molecule has 2 aromatic rings. The standard InChI is InChI=1S/C13H17N3O/c1-10(12-7-5-9-17-12)15-11-6-4-8-14-13(11)16(2)3/h4-10,15H,1-3H3. The van der Waals surface area contributed by atoms with Gasteiger partial charge in [0.25, 0.3) is 0 Å². The van der Waals surface area contributed by atoms with Crippen LogP contribution in [0.25, 0.3) is 0 Å². The Bertz CT molecular complexity index is 465. The molecule has 1 N–H and O–H groups in total. The van der Waals surface area contributed by atoms with Crippen LogP contribution in [0.5, 0.6) is 0 Å². The first-order valence-corrected chi connectivity index (χ1v) is 5.61. The maximum absolute atomic E-state index is 5.37. The van der Waals surface area contributed by atoms with Gasteiger partial charge in [-0.2, -0.15) is 0 Å². The molecule has 0 aliphatic heterocycles. The molecule has 0 radical (unpaired) electrons. The third-order valence-electron chi connectivity index (χ3n) is 2.55. The Morgan fingerprint density at radius 1 is 1.29 bits per heavy atom. The largest absolute Gasteiger partial charge is 0.467 e. The van der Waals surface area contributed by atoms with E-state index in [1.165, 1.54) is 0 Å². The second-order valence-electron chi connectivity index (χ2n) is 4.15. The minimum Gasteiger partial charge on any atom is -0.467 e. The Balaban J connectivity index is 2.18. The lowest BCUT2D eigenvalue weighted by molar-refractivity contribution is 0.490. The highest BCUT2D eigenvalue weighted by Crippen LogP contribution is 2.25. The van der Waals surface area contributed by atoms with Crippen molar-refractivity contribution in [3.63, 3.8) is 0 Å². The van der Waals surface area contributed by atoms with Gasteiger partial charge in [-0.05, 0) is 31.2 Å². The molecule has 0 spiro atoms. The zero-order chi connectivity index (χ0) is 12.3. The fourth-order valence-electron chi connectivity index (χ4n) is 1.71. The Kier molecular flexibility index (Phi) is 3.32. The average molecular weight is 231 g/mol. The second kappa shape index (κ2) is 4.91. The van der Waals surface area contributed by atoms with Gasteiger partial charge in [0.15, 0.2) is 5.82 Å². The van der Waals surface area contributed by atoms with Gasteiger partial charge in [0.05, 0.1) is 18.0 Å². The minimum atomic E-state index is 0.118. The van der Waals surface area contributed by atoms with E-state index in [4.69, 9.17) is 4.42 Å². The van der Waals surface area contributed by atoms with E-state index in [-0.39, 0.29) is 6.04 Å². The number of furan rings is 1. The van der Waals surface area contributed by atoms with Gasteiger partial charge >= 0.3 is 0 Å². The number of hydrogen-bond donors (Lipinski definition) is 1. The van der Waals surface area contributed by atoms with Crippen LogP contribution < -0.4 is 10.2 Å². The number of aromatic nitrogens is 1. The number of pyridine rings is 1. The van der Waals surface area contributed by atoms with Crippen LogP contribution in [0.1, 0.15) is 18.7 Å². The molecule has 0 aliphatic carbocycles. The van der Waals surface area contributed by atoms with Gasteiger partial charge in [0, 0.05) is 20.3 Å². The SMILES string of the molecule is CC(Nc1cccnc1N(C)C)c1ccco1. The highest BCUT2D eigenvalue weighted by molar-refractivity contribution is 5.65. The summed E-state index contributed by atoms with van der Waals surface area (Å²) in [5.41, 5.74) is 1.00. The van der Waals surface area contributed by atoms with Crippen LogP contribution in [0.4, 0.5) is 11.5 Å². The Labute approximate surface area is 101 Å². The maximum Gasteiger partial charge on any atom is 0.151 e. The summed E-state index contributed by atoms with van der Waals surface area (Å²) in [7, 11) is 3.95. The lowest BCUT2D eigenvalue weighted by Gasteiger charge is -2.19.